The minimum absolute atomic E-state index is 0.0540. The van der Waals surface area contributed by atoms with Crippen LogP contribution in [-0.4, -0.2) is 35.2 Å². The van der Waals surface area contributed by atoms with Gasteiger partial charge in [0.25, 0.3) is 0 Å². The number of carbonyl (C=O) groups is 1. The van der Waals surface area contributed by atoms with Crippen molar-refractivity contribution < 1.29 is 9.90 Å². The van der Waals surface area contributed by atoms with E-state index >= 15 is 0 Å². The normalized spacial score (nSPS) is 26.7. The number of carbonyl (C=O) groups excluding carboxylic acids is 1. The van der Waals surface area contributed by atoms with Crippen molar-refractivity contribution in [3.63, 3.8) is 0 Å². The van der Waals surface area contributed by atoms with E-state index in [0.29, 0.717) is 5.92 Å². The van der Waals surface area contributed by atoms with Crippen molar-refractivity contribution in [1.29, 1.82) is 0 Å². The lowest BCUT2D eigenvalue weighted by molar-refractivity contribution is -0.124. The van der Waals surface area contributed by atoms with Gasteiger partial charge in [-0.15, -0.1) is 0 Å². The van der Waals surface area contributed by atoms with Crippen molar-refractivity contribution in [2.75, 3.05) is 6.54 Å². The van der Waals surface area contributed by atoms with Crippen LogP contribution in [0.25, 0.3) is 0 Å². The first kappa shape index (κ1) is 15.4. The Labute approximate surface area is 111 Å². The quantitative estimate of drug-likeness (QED) is 0.713. The van der Waals surface area contributed by atoms with Crippen molar-refractivity contribution in [3.8, 4) is 0 Å². The second-order valence-electron chi connectivity index (χ2n) is 6.54. The maximum Gasteiger partial charge on any atom is 0.237 e. The molecule has 4 nitrogen and oxygen atoms in total. The van der Waals surface area contributed by atoms with E-state index in [1.807, 2.05) is 27.7 Å². The molecule has 3 N–H and O–H groups in total. The molecule has 1 atom stereocenters. The van der Waals surface area contributed by atoms with Gasteiger partial charge in [-0.25, -0.2) is 0 Å². The Morgan fingerprint density at radius 1 is 1.28 bits per heavy atom. The van der Waals surface area contributed by atoms with Gasteiger partial charge in [-0.1, -0.05) is 0 Å². The fraction of sp³-hybridized carbons (Fsp3) is 0.929. The van der Waals surface area contributed by atoms with Crippen LogP contribution in [0.15, 0.2) is 0 Å². The van der Waals surface area contributed by atoms with E-state index in [1.165, 1.54) is 0 Å². The van der Waals surface area contributed by atoms with Gasteiger partial charge in [-0.2, -0.15) is 0 Å². The van der Waals surface area contributed by atoms with Crippen LogP contribution in [0, 0.1) is 5.92 Å². The van der Waals surface area contributed by atoms with Crippen molar-refractivity contribution in [2.24, 2.45) is 5.92 Å². The first-order valence-corrected chi connectivity index (χ1v) is 7.01. The Bertz CT molecular complexity index is 265. The summed E-state index contributed by atoms with van der Waals surface area (Å²) in [6, 6.07) is -0.156. The number of aliphatic hydroxyl groups excluding tert-OH is 1. The van der Waals surface area contributed by atoms with Gasteiger partial charge in [-0.3, -0.25) is 4.79 Å². The molecule has 18 heavy (non-hydrogen) atoms. The molecule has 0 bridgehead atoms. The summed E-state index contributed by atoms with van der Waals surface area (Å²) in [5.41, 5.74) is -0.179. The second kappa shape index (κ2) is 6.53. The van der Waals surface area contributed by atoms with E-state index < -0.39 is 0 Å². The molecule has 0 aliphatic heterocycles. The SMILES string of the molecule is CC(NCC1CCC(O)CC1)C(=O)NC(C)(C)C. The molecule has 0 saturated heterocycles. The first-order valence-electron chi connectivity index (χ1n) is 7.01. The summed E-state index contributed by atoms with van der Waals surface area (Å²) < 4.78 is 0. The number of hydrogen-bond donors (Lipinski definition) is 3. The average Bonchev–Trinajstić information content (AvgIpc) is 2.25. The van der Waals surface area contributed by atoms with Gasteiger partial charge >= 0.3 is 0 Å². The average molecular weight is 256 g/mol. The smallest absolute Gasteiger partial charge is 0.237 e. The Kier molecular flexibility index (Phi) is 5.60. The van der Waals surface area contributed by atoms with Gasteiger partial charge in [-0.05, 0) is 65.8 Å². The molecule has 0 aromatic heterocycles. The molecule has 0 aromatic carbocycles. The molecule has 1 unspecified atom stereocenters. The van der Waals surface area contributed by atoms with Gasteiger partial charge in [0.2, 0.25) is 5.91 Å². The molecule has 106 valence electrons. The lowest BCUT2D eigenvalue weighted by atomic mass is 9.87. The van der Waals surface area contributed by atoms with Crippen LogP contribution in [-0.2, 0) is 4.79 Å². The zero-order chi connectivity index (χ0) is 13.8. The summed E-state index contributed by atoms with van der Waals surface area (Å²) in [5.74, 6) is 0.650. The number of rotatable bonds is 4. The van der Waals surface area contributed by atoms with Crippen LogP contribution in [0.5, 0.6) is 0 Å². The summed E-state index contributed by atoms with van der Waals surface area (Å²) in [6.45, 7) is 8.73. The molecule has 4 heteroatoms. The van der Waals surface area contributed by atoms with Gasteiger partial charge in [0.15, 0.2) is 0 Å². The predicted octanol–water partition coefficient (Wildman–Crippen LogP) is 1.43. The Hall–Kier alpha value is -0.610. The second-order valence-corrected chi connectivity index (χ2v) is 6.54. The molecular formula is C14H28N2O2. The van der Waals surface area contributed by atoms with Crippen LogP contribution < -0.4 is 10.6 Å². The highest BCUT2D eigenvalue weighted by atomic mass is 16.3. The highest BCUT2D eigenvalue weighted by Crippen LogP contribution is 2.23. The number of hydrogen-bond acceptors (Lipinski definition) is 3. The Morgan fingerprint density at radius 3 is 2.33 bits per heavy atom. The van der Waals surface area contributed by atoms with E-state index in [1.54, 1.807) is 0 Å². The van der Waals surface area contributed by atoms with Crippen molar-refractivity contribution >= 4 is 5.91 Å². The molecule has 0 radical (unpaired) electrons. The summed E-state index contributed by atoms with van der Waals surface area (Å²) in [4.78, 5) is 11.9. The lowest BCUT2D eigenvalue weighted by Gasteiger charge is -2.28. The fourth-order valence-electron chi connectivity index (χ4n) is 2.26. The van der Waals surface area contributed by atoms with Gasteiger partial charge in [0.05, 0.1) is 12.1 Å². The molecule has 1 aliphatic rings. The Balaban J connectivity index is 2.24. The number of amides is 1. The minimum Gasteiger partial charge on any atom is -0.393 e. The third-order valence-electron chi connectivity index (χ3n) is 3.42. The maximum absolute atomic E-state index is 11.9. The fourth-order valence-corrected chi connectivity index (χ4v) is 2.26. The van der Waals surface area contributed by atoms with E-state index in [9.17, 15) is 9.90 Å². The summed E-state index contributed by atoms with van der Waals surface area (Å²) in [7, 11) is 0. The van der Waals surface area contributed by atoms with Crippen LogP contribution in [0.4, 0.5) is 0 Å². The monoisotopic (exact) mass is 256 g/mol. The maximum atomic E-state index is 11.9. The molecule has 1 amide bonds. The highest BCUT2D eigenvalue weighted by molar-refractivity contribution is 5.81. The molecule has 0 heterocycles. The minimum atomic E-state index is -0.179. The standard InChI is InChI=1S/C14H28N2O2/c1-10(13(18)16-14(2,3)4)15-9-11-5-7-12(17)8-6-11/h10-12,15,17H,5-9H2,1-4H3,(H,16,18). The van der Waals surface area contributed by atoms with Gasteiger partial charge in [0.1, 0.15) is 0 Å². The zero-order valence-electron chi connectivity index (χ0n) is 12.1. The predicted molar refractivity (Wildman–Crippen MR) is 73.3 cm³/mol. The largest absolute Gasteiger partial charge is 0.393 e. The number of aliphatic hydroxyl groups is 1. The molecule has 0 spiro atoms. The third kappa shape index (κ3) is 5.83. The molecule has 1 aliphatic carbocycles. The molecule has 1 rings (SSSR count). The summed E-state index contributed by atoms with van der Waals surface area (Å²) in [5, 5.41) is 15.7. The van der Waals surface area contributed by atoms with Gasteiger partial charge < -0.3 is 15.7 Å². The topological polar surface area (TPSA) is 61.4 Å². The summed E-state index contributed by atoms with van der Waals surface area (Å²) >= 11 is 0. The molecule has 1 saturated carbocycles. The highest BCUT2D eigenvalue weighted by Gasteiger charge is 2.22. The summed E-state index contributed by atoms with van der Waals surface area (Å²) in [6.07, 6.45) is 3.80. The van der Waals surface area contributed by atoms with E-state index in [-0.39, 0.29) is 23.6 Å². The van der Waals surface area contributed by atoms with E-state index in [4.69, 9.17) is 0 Å². The Morgan fingerprint density at radius 2 is 1.83 bits per heavy atom. The zero-order valence-corrected chi connectivity index (χ0v) is 12.1. The number of nitrogens with one attached hydrogen (secondary N) is 2. The van der Waals surface area contributed by atoms with Crippen molar-refractivity contribution in [1.82, 2.24) is 10.6 Å². The molecule has 1 fully saturated rings. The van der Waals surface area contributed by atoms with Crippen LogP contribution in [0.1, 0.15) is 53.4 Å². The molecule has 0 aromatic rings. The van der Waals surface area contributed by atoms with Crippen LogP contribution in [0.3, 0.4) is 0 Å². The van der Waals surface area contributed by atoms with Crippen molar-refractivity contribution in [2.45, 2.75) is 71.1 Å². The van der Waals surface area contributed by atoms with Crippen LogP contribution in [0.2, 0.25) is 0 Å². The van der Waals surface area contributed by atoms with Crippen LogP contribution >= 0.6 is 0 Å². The van der Waals surface area contributed by atoms with E-state index in [2.05, 4.69) is 10.6 Å². The lowest BCUT2D eigenvalue weighted by Crippen LogP contribution is -2.50. The first-order chi connectivity index (χ1) is 8.28. The van der Waals surface area contributed by atoms with Crippen molar-refractivity contribution in [3.05, 3.63) is 0 Å². The van der Waals surface area contributed by atoms with Gasteiger partial charge in [0, 0.05) is 5.54 Å². The van der Waals surface area contributed by atoms with E-state index in [0.717, 1.165) is 32.2 Å². The third-order valence-corrected chi connectivity index (χ3v) is 3.42. The molecular weight excluding hydrogens is 228 g/mol.